The van der Waals surface area contributed by atoms with Gasteiger partial charge in [0.25, 0.3) is 17.7 Å². The number of hydrogen-bond acceptors (Lipinski definition) is 6. The van der Waals surface area contributed by atoms with E-state index in [-0.39, 0.29) is 35.8 Å². The largest absolute Gasteiger partial charge is 0.348 e. The van der Waals surface area contributed by atoms with E-state index in [1.54, 1.807) is 0 Å². The average molecular weight is 1060 g/mol. The molecule has 5 aromatic rings. The number of nitrogens with one attached hydrogen (secondary N) is 3. The monoisotopic (exact) mass is 1060 g/mol. The quantitative estimate of drug-likeness (QED) is 0.114. The number of rotatable bonds is 12. The van der Waals surface area contributed by atoms with Crippen LogP contribution in [0.4, 0.5) is 0 Å². The Hall–Kier alpha value is -5.52. The van der Waals surface area contributed by atoms with Crippen molar-refractivity contribution in [1.82, 2.24) is 45.3 Å². The lowest BCUT2D eigenvalue weighted by molar-refractivity contribution is 0.0907. The van der Waals surface area contributed by atoms with Crippen LogP contribution in [0.5, 0.6) is 0 Å². The predicted molar refractivity (Wildman–Crippen MR) is 311 cm³/mol. The summed E-state index contributed by atoms with van der Waals surface area (Å²) in [5, 5.41) is 24.3. The molecule has 12 heteroatoms. The van der Waals surface area contributed by atoms with E-state index in [1.165, 1.54) is 188 Å². The van der Waals surface area contributed by atoms with Crippen LogP contribution in [0.1, 0.15) is 294 Å². The summed E-state index contributed by atoms with van der Waals surface area (Å²) in [5.74, 6) is 0.683. The minimum atomic E-state index is -0.0194. The maximum absolute atomic E-state index is 13.1. The smallest absolute Gasteiger partial charge is 0.272 e. The lowest BCUT2D eigenvalue weighted by atomic mass is 9.84. The molecule has 3 aromatic heterocycles. The SMILES string of the molecule is C[C@@H](NC(=O)c1nn(C2CCCCC2)c2c1CCCC2)C1CCCCC1.C[C@@H](NC(=O)c1nn(C2CCCCC2)c2c1CCCC2)c1ccccc1.C[C@H](NC(=O)c1nn(C2CCCCC2)c2c1CCCC2)c1ccccc1. The minimum Gasteiger partial charge on any atom is -0.348 e. The van der Waals surface area contributed by atoms with E-state index in [0.29, 0.717) is 35.4 Å². The van der Waals surface area contributed by atoms with Crippen molar-refractivity contribution in [3.63, 3.8) is 0 Å². The Morgan fingerprint density at radius 1 is 0.385 bits per heavy atom. The van der Waals surface area contributed by atoms with Gasteiger partial charge in [0, 0.05) is 39.8 Å². The van der Waals surface area contributed by atoms with Crippen molar-refractivity contribution in [2.45, 2.75) is 262 Å². The molecule has 4 fully saturated rings. The normalized spacial score (nSPS) is 20.4. The Morgan fingerprint density at radius 2 is 0.679 bits per heavy atom. The van der Waals surface area contributed by atoms with Crippen LogP contribution in [-0.2, 0) is 38.5 Å². The highest BCUT2D eigenvalue weighted by Gasteiger charge is 2.33. The van der Waals surface area contributed by atoms with Gasteiger partial charge in [0.2, 0.25) is 0 Å². The first-order valence-corrected chi connectivity index (χ1v) is 31.5. The zero-order chi connectivity index (χ0) is 53.8. The minimum absolute atomic E-state index is 0.0113. The molecule has 0 unspecified atom stereocenters. The molecule has 78 heavy (non-hydrogen) atoms. The molecule has 0 bridgehead atoms. The van der Waals surface area contributed by atoms with Gasteiger partial charge in [-0.1, -0.05) is 138 Å². The molecule has 7 aliphatic rings. The van der Waals surface area contributed by atoms with Gasteiger partial charge in [-0.05, 0) is 166 Å². The van der Waals surface area contributed by atoms with Crippen molar-refractivity contribution in [2.75, 3.05) is 0 Å². The highest BCUT2D eigenvalue weighted by Crippen LogP contribution is 2.37. The van der Waals surface area contributed by atoms with Crippen molar-refractivity contribution in [3.8, 4) is 0 Å². The van der Waals surface area contributed by atoms with Gasteiger partial charge >= 0.3 is 0 Å². The van der Waals surface area contributed by atoms with Crippen LogP contribution in [0.15, 0.2) is 60.7 Å². The topological polar surface area (TPSA) is 141 Å². The molecule has 4 saturated carbocycles. The summed E-state index contributed by atoms with van der Waals surface area (Å²) in [4.78, 5) is 39.1. The Kier molecular flexibility index (Phi) is 19.4. The number of benzene rings is 2. The fraction of sp³-hybridized carbons (Fsp3) is 0.636. The van der Waals surface area contributed by atoms with E-state index >= 15 is 0 Å². The summed E-state index contributed by atoms with van der Waals surface area (Å²) < 4.78 is 6.74. The van der Waals surface area contributed by atoms with Crippen LogP contribution in [0, 0.1) is 5.92 Å². The predicted octanol–water partition coefficient (Wildman–Crippen LogP) is 14.5. The Bertz CT molecular complexity index is 2600. The molecule has 0 spiro atoms. The molecular formula is C66H93N9O3. The van der Waals surface area contributed by atoms with Crippen LogP contribution in [0.25, 0.3) is 0 Å². The Balaban J connectivity index is 0.000000132. The second-order valence-corrected chi connectivity index (χ2v) is 24.5. The van der Waals surface area contributed by atoms with Crippen LogP contribution in [0.2, 0.25) is 0 Å². The molecular weight excluding hydrogens is 967 g/mol. The summed E-state index contributed by atoms with van der Waals surface area (Å²) >= 11 is 0. The van der Waals surface area contributed by atoms with Gasteiger partial charge in [0.15, 0.2) is 17.1 Å². The number of fused-ring (bicyclic) bond motifs is 3. The highest BCUT2D eigenvalue weighted by atomic mass is 16.2. The molecule has 3 heterocycles. The highest BCUT2D eigenvalue weighted by molar-refractivity contribution is 5.95. The van der Waals surface area contributed by atoms with Crippen molar-refractivity contribution in [2.24, 2.45) is 5.92 Å². The van der Waals surface area contributed by atoms with Crippen molar-refractivity contribution in [3.05, 3.63) is 123 Å². The van der Waals surface area contributed by atoms with Crippen LogP contribution in [0.3, 0.4) is 0 Å². The van der Waals surface area contributed by atoms with E-state index < -0.39 is 0 Å². The van der Waals surface area contributed by atoms with Gasteiger partial charge in [-0.15, -0.1) is 0 Å². The standard InChI is InChI=1S/C22H35N3O.2C22H29N3O/c3*1-16(17-10-4-2-5-11-17)23-22(26)21-19-14-8-9-15-20(19)25(24-21)18-12-6-3-7-13-18/h16-18H,2-15H2,1H3,(H,23,26);2*2,4-5,10-11,16,18H,3,6-9,12-15H2,1H3,(H,23,26)/t3*16-/m110/s1. The summed E-state index contributed by atoms with van der Waals surface area (Å²) in [6.45, 7) is 6.27. The first kappa shape index (κ1) is 55.8. The first-order valence-electron chi connectivity index (χ1n) is 31.5. The van der Waals surface area contributed by atoms with Crippen molar-refractivity contribution < 1.29 is 14.4 Å². The zero-order valence-corrected chi connectivity index (χ0v) is 47.9. The molecule has 0 saturated heterocycles. The zero-order valence-electron chi connectivity index (χ0n) is 47.9. The summed E-state index contributed by atoms with van der Waals surface area (Å²) in [6, 6.07) is 22.0. The molecule has 3 atom stereocenters. The van der Waals surface area contributed by atoms with Gasteiger partial charge in [0.05, 0.1) is 30.2 Å². The van der Waals surface area contributed by atoms with Crippen molar-refractivity contribution >= 4 is 17.7 Å². The van der Waals surface area contributed by atoms with Gasteiger partial charge in [0.1, 0.15) is 0 Å². The first-order chi connectivity index (χ1) is 38.2. The second-order valence-electron chi connectivity index (χ2n) is 24.5. The number of carbonyl (C=O) groups excluding carboxylic acids is 3. The fourth-order valence-corrected chi connectivity index (χ4v) is 14.5. The van der Waals surface area contributed by atoms with E-state index in [2.05, 4.69) is 61.2 Å². The molecule has 7 aliphatic carbocycles. The van der Waals surface area contributed by atoms with Gasteiger partial charge in [-0.25, -0.2) is 0 Å². The molecule has 0 aliphatic heterocycles. The Labute approximate surface area is 466 Å². The molecule has 0 radical (unpaired) electrons. The summed E-state index contributed by atoms with van der Waals surface area (Å²) in [7, 11) is 0. The molecule has 12 rings (SSSR count). The number of hydrogen-bond donors (Lipinski definition) is 3. The lowest BCUT2D eigenvalue weighted by Crippen LogP contribution is -2.39. The third-order valence-electron chi connectivity index (χ3n) is 19.0. The molecule has 3 N–H and O–H groups in total. The van der Waals surface area contributed by atoms with Gasteiger partial charge in [-0.3, -0.25) is 28.4 Å². The van der Waals surface area contributed by atoms with Crippen LogP contribution < -0.4 is 16.0 Å². The fourth-order valence-electron chi connectivity index (χ4n) is 14.5. The maximum atomic E-state index is 13.1. The number of aromatic nitrogens is 6. The van der Waals surface area contributed by atoms with Crippen LogP contribution >= 0.6 is 0 Å². The number of amides is 3. The van der Waals surface area contributed by atoms with E-state index in [0.717, 1.165) is 68.2 Å². The third kappa shape index (κ3) is 13.4. The third-order valence-corrected chi connectivity index (χ3v) is 19.0. The lowest BCUT2D eigenvalue weighted by Gasteiger charge is -2.28. The van der Waals surface area contributed by atoms with Crippen molar-refractivity contribution in [1.29, 1.82) is 0 Å². The second kappa shape index (κ2) is 27.1. The maximum Gasteiger partial charge on any atom is 0.272 e. The van der Waals surface area contributed by atoms with Crippen LogP contribution in [-0.4, -0.2) is 53.1 Å². The van der Waals surface area contributed by atoms with Gasteiger partial charge in [-0.2, -0.15) is 15.3 Å². The number of carbonyl (C=O) groups is 3. The molecule has 12 nitrogen and oxygen atoms in total. The Morgan fingerprint density at radius 3 is 1.01 bits per heavy atom. The average Bonchev–Trinajstić information content (AvgIpc) is 4.32. The summed E-state index contributed by atoms with van der Waals surface area (Å²) in [6.07, 6.45) is 39.0. The number of nitrogens with zero attached hydrogens (tertiary/aromatic N) is 6. The molecule has 420 valence electrons. The van der Waals surface area contributed by atoms with E-state index in [9.17, 15) is 14.4 Å². The van der Waals surface area contributed by atoms with E-state index in [4.69, 9.17) is 15.3 Å². The van der Waals surface area contributed by atoms with E-state index in [1.807, 2.05) is 50.2 Å². The summed E-state index contributed by atoms with van der Waals surface area (Å²) in [5.41, 5.74) is 12.1. The molecule has 2 aromatic carbocycles. The molecule has 3 amide bonds. The van der Waals surface area contributed by atoms with Gasteiger partial charge < -0.3 is 16.0 Å².